The molecule has 1 saturated heterocycles. The van der Waals surface area contributed by atoms with Gasteiger partial charge in [0.05, 0.1) is 0 Å². The zero-order valence-corrected chi connectivity index (χ0v) is 16.3. The first-order chi connectivity index (χ1) is 10.6. The molecule has 2 rings (SSSR count). The summed E-state index contributed by atoms with van der Waals surface area (Å²) in [5.41, 5.74) is 0.611. The van der Waals surface area contributed by atoms with Gasteiger partial charge in [-0.15, -0.1) is 0 Å². The molecule has 6 heteroatoms. The smallest absolute Gasteiger partial charge is 0.268 e. The van der Waals surface area contributed by atoms with E-state index in [1.54, 1.807) is 0 Å². The molecule has 0 aliphatic carbocycles. The zero-order chi connectivity index (χ0) is 17.3. The van der Waals surface area contributed by atoms with E-state index < -0.39 is 12.1 Å². The maximum Gasteiger partial charge on any atom is 0.268 e. The minimum absolute atomic E-state index is 0.0360. The number of aliphatic hydroxyl groups excluding tert-OH is 1. The lowest BCUT2D eigenvalue weighted by Gasteiger charge is -2.47. The first-order valence-corrected chi connectivity index (χ1v) is 8.94. The Morgan fingerprint density at radius 1 is 1.22 bits per heavy atom. The van der Waals surface area contributed by atoms with Crippen LogP contribution in [0, 0.1) is 3.57 Å². The van der Waals surface area contributed by atoms with Crippen LogP contribution in [0.2, 0.25) is 0 Å². The fourth-order valence-corrected chi connectivity index (χ4v) is 3.84. The predicted octanol–water partition coefficient (Wildman–Crippen LogP) is 2.45. The fourth-order valence-electron chi connectivity index (χ4n) is 3.48. The summed E-state index contributed by atoms with van der Waals surface area (Å²) >= 11 is 2.21. The Kier molecular flexibility index (Phi) is 5.71. The molecule has 1 aliphatic rings. The fraction of sp³-hybridized carbons (Fsp3) is 0.588. The van der Waals surface area contributed by atoms with Crippen molar-refractivity contribution in [1.29, 1.82) is 0 Å². The molecule has 4 N–H and O–H groups in total. The molecule has 1 aromatic rings. The van der Waals surface area contributed by atoms with Crippen LogP contribution in [0.3, 0.4) is 0 Å². The SMILES string of the molecule is CC1(C)CC(NC(O)C(=O)Nc2ccc(I)cc2)CC(C)(C)N1. The largest absolute Gasteiger partial charge is 0.370 e. The average molecular weight is 431 g/mol. The zero-order valence-electron chi connectivity index (χ0n) is 14.1. The molecule has 1 aliphatic heterocycles. The molecule has 1 fully saturated rings. The number of hydrogen-bond donors (Lipinski definition) is 4. The second-order valence-electron chi connectivity index (χ2n) is 7.56. The van der Waals surface area contributed by atoms with Crippen LogP contribution in [-0.2, 0) is 4.79 Å². The molecule has 1 heterocycles. The average Bonchev–Trinajstić information content (AvgIpc) is 2.37. The van der Waals surface area contributed by atoms with Gasteiger partial charge < -0.3 is 15.7 Å². The van der Waals surface area contributed by atoms with Crippen molar-refractivity contribution in [2.75, 3.05) is 5.32 Å². The number of anilines is 1. The molecule has 0 spiro atoms. The van der Waals surface area contributed by atoms with Gasteiger partial charge in [0, 0.05) is 26.4 Å². The molecular formula is C17H26IN3O2. The van der Waals surface area contributed by atoms with Gasteiger partial charge in [-0.2, -0.15) is 0 Å². The van der Waals surface area contributed by atoms with Crippen molar-refractivity contribution < 1.29 is 9.90 Å². The number of nitrogens with one attached hydrogen (secondary N) is 3. The molecule has 1 aromatic carbocycles. The molecule has 0 aromatic heterocycles. The van der Waals surface area contributed by atoms with Crippen LogP contribution < -0.4 is 16.0 Å². The lowest BCUT2D eigenvalue weighted by molar-refractivity contribution is -0.126. The lowest BCUT2D eigenvalue weighted by atomic mass is 9.79. The summed E-state index contributed by atoms with van der Waals surface area (Å²) in [6.07, 6.45) is 0.484. The standard InChI is InChI=1S/C17H26IN3O2/c1-16(2)9-13(10-17(3,4)21-16)20-15(23)14(22)19-12-7-5-11(18)6-8-12/h5-8,13,15,20-21,23H,9-10H2,1-4H3,(H,19,22). The van der Waals surface area contributed by atoms with Gasteiger partial charge in [0.15, 0.2) is 6.23 Å². The number of carbonyl (C=O) groups excluding carboxylic acids is 1. The second-order valence-corrected chi connectivity index (χ2v) is 8.81. The Bertz CT molecular complexity index is 541. The first-order valence-electron chi connectivity index (χ1n) is 7.86. The van der Waals surface area contributed by atoms with Gasteiger partial charge in [-0.1, -0.05) is 0 Å². The highest BCUT2D eigenvalue weighted by atomic mass is 127. The number of halogens is 1. The quantitative estimate of drug-likeness (QED) is 0.437. The Morgan fingerprint density at radius 2 is 1.74 bits per heavy atom. The minimum Gasteiger partial charge on any atom is -0.370 e. The number of rotatable bonds is 4. The minimum atomic E-state index is -1.22. The van der Waals surface area contributed by atoms with Gasteiger partial charge in [-0.05, 0) is 87.4 Å². The third-order valence-corrected chi connectivity index (χ3v) is 4.66. The van der Waals surface area contributed by atoms with E-state index in [-0.39, 0.29) is 17.1 Å². The molecule has 1 amide bonds. The summed E-state index contributed by atoms with van der Waals surface area (Å²) in [7, 11) is 0. The number of amides is 1. The number of carbonyl (C=O) groups is 1. The van der Waals surface area contributed by atoms with E-state index in [1.807, 2.05) is 24.3 Å². The van der Waals surface area contributed by atoms with Gasteiger partial charge in [0.1, 0.15) is 0 Å². The van der Waals surface area contributed by atoms with E-state index in [0.29, 0.717) is 5.69 Å². The molecule has 128 valence electrons. The number of benzene rings is 1. The van der Waals surface area contributed by atoms with Crippen molar-refractivity contribution in [3.63, 3.8) is 0 Å². The van der Waals surface area contributed by atoms with Crippen molar-refractivity contribution >= 4 is 34.2 Å². The van der Waals surface area contributed by atoms with Gasteiger partial charge in [-0.3, -0.25) is 10.1 Å². The van der Waals surface area contributed by atoms with Crippen molar-refractivity contribution in [3.8, 4) is 0 Å². The third kappa shape index (κ3) is 5.70. The molecular weight excluding hydrogens is 405 g/mol. The number of aliphatic hydroxyl groups is 1. The van der Waals surface area contributed by atoms with E-state index in [9.17, 15) is 9.90 Å². The van der Waals surface area contributed by atoms with Crippen LogP contribution >= 0.6 is 22.6 Å². The van der Waals surface area contributed by atoms with E-state index >= 15 is 0 Å². The van der Waals surface area contributed by atoms with Crippen molar-refractivity contribution in [1.82, 2.24) is 10.6 Å². The molecule has 0 saturated carbocycles. The van der Waals surface area contributed by atoms with Gasteiger partial charge in [0.2, 0.25) is 0 Å². The van der Waals surface area contributed by atoms with Crippen LogP contribution in [-0.4, -0.2) is 34.4 Å². The molecule has 0 bridgehead atoms. The number of hydrogen-bond acceptors (Lipinski definition) is 4. The summed E-state index contributed by atoms with van der Waals surface area (Å²) in [5, 5.41) is 19.6. The maximum absolute atomic E-state index is 12.2. The predicted molar refractivity (Wildman–Crippen MR) is 101 cm³/mol. The summed E-state index contributed by atoms with van der Waals surface area (Å²) in [6.45, 7) is 8.56. The molecule has 23 heavy (non-hydrogen) atoms. The maximum atomic E-state index is 12.2. The van der Waals surface area contributed by atoms with E-state index in [4.69, 9.17) is 0 Å². The van der Waals surface area contributed by atoms with Crippen LogP contribution in [0.15, 0.2) is 24.3 Å². The Labute approximate surface area is 151 Å². The van der Waals surface area contributed by atoms with Crippen molar-refractivity contribution in [2.24, 2.45) is 0 Å². The normalized spacial score (nSPS) is 21.7. The van der Waals surface area contributed by atoms with Crippen LogP contribution in [0.4, 0.5) is 5.69 Å². The highest BCUT2D eigenvalue weighted by Crippen LogP contribution is 2.28. The summed E-state index contributed by atoms with van der Waals surface area (Å²) in [6, 6.07) is 7.55. The Balaban J connectivity index is 1.93. The summed E-state index contributed by atoms with van der Waals surface area (Å²) in [4.78, 5) is 12.2. The lowest BCUT2D eigenvalue weighted by Crippen LogP contribution is -2.63. The van der Waals surface area contributed by atoms with Gasteiger partial charge in [0.25, 0.3) is 5.91 Å². The first kappa shape index (κ1) is 18.6. The second kappa shape index (κ2) is 7.04. The Hall–Kier alpha value is -0.700. The van der Waals surface area contributed by atoms with Crippen LogP contribution in [0.25, 0.3) is 0 Å². The monoisotopic (exact) mass is 431 g/mol. The van der Waals surface area contributed by atoms with E-state index in [1.165, 1.54) is 0 Å². The van der Waals surface area contributed by atoms with Crippen molar-refractivity contribution in [2.45, 2.75) is 63.9 Å². The Morgan fingerprint density at radius 3 is 2.26 bits per heavy atom. The molecule has 1 unspecified atom stereocenters. The molecule has 1 atom stereocenters. The van der Waals surface area contributed by atoms with Crippen molar-refractivity contribution in [3.05, 3.63) is 27.8 Å². The number of piperidine rings is 1. The van der Waals surface area contributed by atoms with Crippen LogP contribution in [0.5, 0.6) is 0 Å². The molecule has 5 nitrogen and oxygen atoms in total. The topological polar surface area (TPSA) is 73.4 Å². The van der Waals surface area contributed by atoms with E-state index in [2.05, 4.69) is 66.2 Å². The highest BCUT2D eigenvalue weighted by molar-refractivity contribution is 14.1. The molecule has 0 radical (unpaired) electrons. The van der Waals surface area contributed by atoms with Gasteiger partial charge in [-0.25, -0.2) is 0 Å². The highest BCUT2D eigenvalue weighted by Gasteiger charge is 2.38. The van der Waals surface area contributed by atoms with Gasteiger partial charge >= 0.3 is 0 Å². The van der Waals surface area contributed by atoms with Crippen LogP contribution in [0.1, 0.15) is 40.5 Å². The summed E-state index contributed by atoms with van der Waals surface area (Å²) < 4.78 is 1.10. The van der Waals surface area contributed by atoms with E-state index in [0.717, 1.165) is 16.4 Å². The third-order valence-electron chi connectivity index (χ3n) is 3.94. The summed E-state index contributed by atoms with van der Waals surface area (Å²) in [5.74, 6) is -0.430.